The van der Waals surface area contributed by atoms with Crippen molar-refractivity contribution in [3.05, 3.63) is 76.6 Å². The molecule has 0 aliphatic carbocycles. The van der Waals surface area contributed by atoms with E-state index in [4.69, 9.17) is 9.47 Å². The van der Waals surface area contributed by atoms with Crippen molar-refractivity contribution in [3.8, 4) is 17.2 Å². The Morgan fingerprint density at radius 1 is 1.12 bits per heavy atom. The van der Waals surface area contributed by atoms with E-state index in [9.17, 15) is 14.7 Å². The van der Waals surface area contributed by atoms with Gasteiger partial charge in [-0.25, -0.2) is 4.79 Å². The molecule has 7 heteroatoms. The Bertz CT molecular complexity index is 1250. The normalized spacial score (nSPS) is 15.9. The molecule has 1 fully saturated rings. The number of piperidine rings is 1. The fourth-order valence-electron chi connectivity index (χ4n) is 4.97. The third kappa shape index (κ3) is 3.40. The van der Waals surface area contributed by atoms with E-state index in [1.165, 1.54) is 0 Å². The van der Waals surface area contributed by atoms with Gasteiger partial charge in [0.2, 0.25) is 0 Å². The first kappa shape index (κ1) is 21.3. The first-order valence-electron chi connectivity index (χ1n) is 11.2. The first-order valence-corrected chi connectivity index (χ1v) is 11.2. The third-order valence-electron chi connectivity index (χ3n) is 6.68. The van der Waals surface area contributed by atoms with E-state index in [2.05, 4.69) is 12.2 Å². The fourth-order valence-corrected chi connectivity index (χ4v) is 4.97. The van der Waals surface area contributed by atoms with Crippen molar-refractivity contribution >= 4 is 11.8 Å². The Morgan fingerprint density at radius 3 is 2.58 bits per heavy atom. The third-order valence-corrected chi connectivity index (χ3v) is 6.68. The van der Waals surface area contributed by atoms with Gasteiger partial charge in [0.25, 0.3) is 0 Å². The number of hydrogen-bond acceptors (Lipinski definition) is 5. The Kier molecular flexibility index (Phi) is 5.21. The predicted molar refractivity (Wildman–Crippen MR) is 123 cm³/mol. The molecule has 3 heterocycles. The van der Waals surface area contributed by atoms with Crippen LogP contribution in [0.2, 0.25) is 0 Å². The summed E-state index contributed by atoms with van der Waals surface area (Å²) in [6.45, 7) is 3.53. The summed E-state index contributed by atoms with van der Waals surface area (Å²) >= 11 is 0. The summed E-state index contributed by atoms with van der Waals surface area (Å²) in [5.74, 6) is 0.139. The number of aromatic nitrogens is 1. The molecule has 2 aliphatic rings. The summed E-state index contributed by atoms with van der Waals surface area (Å²) in [6, 6.07) is 12.3. The lowest BCUT2D eigenvalue weighted by atomic mass is 9.83. The molecule has 33 heavy (non-hydrogen) atoms. The molecule has 1 aromatic heterocycles. The number of aryl methyl sites for hydroxylation is 1. The van der Waals surface area contributed by atoms with Crippen LogP contribution in [-0.4, -0.2) is 41.6 Å². The van der Waals surface area contributed by atoms with Gasteiger partial charge in [-0.3, -0.25) is 4.79 Å². The van der Waals surface area contributed by atoms with E-state index in [1.807, 2.05) is 29.0 Å². The molecular weight excluding hydrogens is 420 g/mol. The lowest BCUT2D eigenvalue weighted by molar-refractivity contribution is 0.0192. The van der Waals surface area contributed by atoms with Crippen molar-refractivity contribution < 1.29 is 24.2 Å². The van der Waals surface area contributed by atoms with Crippen LogP contribution in [0.1, 0.15) is 57.3 Å². The lowest BCUT2D eigenvalue weighted by Gasteiger charge is -2.43. The standard InChI is InChI=1S/C26H26N2O5/c1-3-16-4-5-17(14-21(16)32-2)23(29)19-8-13-28-20-7-6-18(25(30)31)15-22(20)33-26(24(19)28)9-11-27-12-10-26/h4-8,13-15,27H,3,9-12H2,1-2H3,(H,30,31). The maximum absolute atomic E-state index is 13.7. The monoisotopic (exact) mass is 446 g/mol. The second-order valence-electron chi connectivity index (χ2n) is 8.49. The van der Waals surface area contributed by atoms with Crippen molar-refractivity contribution in [2.45, 2.75) is 31.8 Å². The quantitative estimate of drug-likeness (QED) is 0.577. The Morgan fingerprint density at radius 2 is 1.88 bits per heavy atom. The minimum Gasteiger partial charge on any atom is -0.496 e. The average molecular weight is 447 g/mol. The number of aromatic carboxylic acids is 1. The molecule has 3 aromatic rings. The second-order valence-corrected chi connectivity index (χ2v) is 8.49. The highest BCUT2D eigenvalue weighted by atomic mass is 16.5. The van der Waals surface area contributed by atoms with Gasteiger partial charge in [0.05, 0.1) is 24.1 Å². The van der Waals surface area contributed by atoms with E-state index in [0.29, 0.717) is 35.5 Å². The number of fused-ring (bicyclic) bond motifs is 4. The van der Waals surface area contributed by atoms with Gasteiger partial charge in [-0.05, 0) is 55.4 Å². The first-order chi connectivity index (χ1) is 16.0. The molecule has 1 saturated heterocycles. The maximum Gasteiger partial charge on any atom is 0.335 e. The van der Waals surface area contributed by atoms with Crippen LogP contribution in [0.4, 0.5) is 0 Å². The van der Waals surface area contributed by atoms with Crippen molar-refractivity contribution in [2.75, 3.05) is 20.2 Å². The SMILES string of the molecule is CCc1ccc(C(=O)c2ccn3c2C2(CCNCC2)Oc2cc(C(=O)O)ccc2-3)cc1OC. The average Bonchev–Trinajstić information content (AvgIpc) is 3.30. The van der Waals surface area contributed by atoms with Gasteiger partial charge in [0, 0.05) is 30.2 Å². The zero-order chi connectivity index (χ0) is 23.2. The molecular formula is C26H26N2O5. The zero-order valence-corrected chi connectivity index (χ0v) is 18.7. The molecule has 0 amide bonds. The number of ether oxygens (including phenoxy) is 2. The second kappa shape index (κ2) is 8.08. The van der Waals surface area contributed by atoms with E-state index in [-0.39, 0.29) is 11.3 Å². The number of carboxylic acid groups (broad SMARTS) is 1. The van der Waals surface area contributed by atoms with Gasteiger partial charge in [0.1, 0.15) is 11.5 Å². The van der Waals surface area contributed by atoms with Gasteiger partial charge >= 0.3 is 5.97 Å². The molecule has 5 rings (SSSR count). The number of ketones is 1. The van der Waals surface area contributed by atoms with Crippen LogP contribution in [0.3, 0.4) is 0 Å². The minimum atomic E-state index is -1.00. The van der Waals surface area contributed by atoms with Crippen LogP contribution in [0.25, 0.3) is 5.69 Å². The van der Waals surface area contributed by atoms with E-state index < -0.39 is 11.6 Å². The molecule has 0 bridgehead atoms. The minimum absolute atomic E-state index is 0.0863. The Labute approximate surface area is 191 Å². The summed E-state index contributed by atoms with van der Waals surface area (Å²) in [5, 5.41) is 12.8. The molecule has 7 nitrogen and oxygen atoms in total. The maximum atomic E-state index is 13.7. The Balaban J connectivity index is 1.66. The van der Waals surface area contributed by atoms with Crippen molar-refractivity contribution in [1.29, 1.82) is 0 Å². The number of carbonyl (C=O) groups excluding carboxylic acids is 1. The molecule has 2 aliphatic heterocycles. The molecule has 1 spiro atoms. The van der Waals surface area contributed by atoms with Gasteiger partial charge < -0.3 is 24.5 Å². The number of carbonyl (C=O) groups is 2. The predicted octanol–water partition coefficient (Wildman–Crippen LogP) is 3.95. The summed E-state index contributed by atoms with van der Waals surface area (Å²) in [5.41, 5.74) is 3.23. The number of nitrogens with zero attached hydrogens (tertiary/aromatic N) is 1. The number of carboxylic acids is 1. The fraction of sp³-hybridized carbons (Fsp3) is 0.308. The number of benzene rings is 2. The highest BCUT2D eigenvalue weighted by Crippen LogP contribution is 2.46. The molecule has 2 N–H and O–H groups in total. The largest absolute Gasteiger partial charge is 0.496 e. The number of rotatable bonds is 5. The van der Waals surface area contributed by atoms with Gasteiger partial charge in [-0.15, -0.1) is 0 Å². The number of nitrogens with one attached hydrogen (secondary N) is 1. The molecule has 170 valence electrons. The van der Waals surface area contributed by atoms with Gasteiger partial charge in [-0.1, -0.05) is 19.1 Å². The molecule has 0 radical (unpaired) electrons. The van der Waals surface area contributed by atoms with Crippen LogP contribution in [0.5, 0.6) is 11.5 Å². The topological polar surface area (TPSA) is 89.8 Å². The van der Waals surface area contributed by atoms with Gasteiger partial charge in [-0.2, -0.15) is 0 Å². The zero-order valence-electron chi connectivity index (χ0n) is 18.7. The van der Waals surface area contributed by atoms with Crippen LogP contribution in [0, 0.1) is 0 Å². The number of methoxy groups -OCH3 is 1. The summed E-state index contributed by atoms with van der Waals surface area (Å²) in [7, 11) is 1.61. The smallest absolute Gasteiger partial charge is 0.335 e. The molecule has 0 atom stereocenters. The number of hydrogen-bond donors (Lipinski definition) is 2. The van der Waals surface area contributed by atoms with Crippen LogP contribution >= 0.6 is 0 Å². The van der Waals surface area contributed by atoms with Crippen LogP contribution < -0.4 is 14.8 Å². The molecule has 0 unspecified atom stereocenters. The summed E-state index contributed by atoms with van der Waals surface area (Å²) in [6.07, 6.45) is 4.04. The molecule has 0 saturated carbocycles. The van der Waals surface area contributed by atoms with Crippen LogP contribution in [0.15, 0.2) is 48.7 Å². The Hall–Kier alpha value is -3.58. The summed E-state index contributed by atoms with van der Waals surface area (Å²) in [4.78, 5) is 25.2. The van der Waals surface area contributed by atoms with Crippen molar-refractivity contribution in [3.63, 3.8) is 0 Å². The van der Waals surface area contributed by atoms with E-state index in [0.717, 1.165) is 36.5 Å². The van der Waals surface area contributed by atoms with Gasteiger partial charge in [0.15, 0.2) is 11.4 Å². The van der Waals surface area contributed by atoms with Crippen molar-refractivity contribution in [2.24, 2.45) is 0 Å². The highest BCUT2D eigenvalue weighted by Gasteiger charge is 2.45. The van der Waals surface area contributed by atoms with Crippen molar-refractivity contribution in [1.82, 2.24) is 9.88 Å². The highest BCUT2D eigenvalue weighted by molar-refractivity contribution is 6.10. The van der Waals surface area contributed by atoms with E-state index in [1.54, 1.807) is 31.4 Å². The molecule has 2 aromatic carbocycles. The lowest BCUT2D eigenvalue weighted by Crippen LogP contribution is -2.47. The van der Waals surface area contributed by atoms with Crippen LogP contribution in [-0.2, 0) is 12.0 Å². The summed E-state index contributed by atoms with van der Waals surface area (Å²) < 4.78 is 14.0. The van der Waals surface area contributed by atoms with E-state index >= 15 is 0 Å².